The number of aliphatic hydroxyl groups is 3. The number of aromatic hydroxyl groups is 1. The minimum absolute atomic E-state index is 0.0457. The molecule has 0 spiro atoms. The fourth-order valence-electron chi connectivity index (χ4n) is 1.27. The van der Waals surface area contributed by atoms with Crippen LogP contribution >= 0.6 is 0 Å². The summed E-state index contributed by atoms with van der Waals surface area (Å²) in [5.41, 5.74) is 5.92. The molecule has 0 fully saturated rings. The maximum atomic E-state index is 9.61. The second kappa shape index (κ2) is 5.09. The largest absolute Gasteiger partial charge is 0.508 e. The molecule has 1 aromatic carbocycles. The molecule has 1 rings (SSSR count). The van der Waals surface area contributed by atoms with Gasteiger partial charge in [-0.2, -0.15) is 0 Å². The molecule has 2 unspecified atom stereocenters. The van der Waals surface area contributed by atoms with E-state index in [1.165, 1.54) is 18.2 Å². The Labute approximate surface area is 87.4 Å². The van der Waals surface area contributed by atoms with E-state index in [1.54, 1.807) is 0 Å². The molecule has 1 aromatic rings. The van der Waals surface area contributed by atoms with E-state index in [2.05, 4.69) is 0 Å². The predicted octanol–water partition coefficient (Wildman–Crippen LogP) is -0.763. The van der Waals surface area contributed by atoms with E-state index in [0.29, 0.717) is 11.1 Å². The zero-order chi connectivity index (χ0) is 11.4. The van der Waals surface area contributed by atoms with Crippen molar-refractivity contribution in [1.29, 1.82) is 0 Å². The first-order chi connectivity index (χ1) is 7.10. The molecule has 0 radical (unpaired) electrons. The third-order valence-electron chi connectivity index (χ3n) is 2.22. The van der Waals surface area contributed by atoms with Crippen LogP contribution in [0, 0.1) is 0 Å². The lowest BCUT2D eigenvalue weighted by Crippen LogP contribution is -2.27. The van der Waals surface area contributed by atoms with Crippen LogP contribution < -0.4 is 5.73 Å². The summed E-state index contributed by atoms with van der Waals surface area (Å²) in [6, 6.07) is 4.25. The number of rotatable bonds is 4. The highest BCUT2D eigenvalue weighted by atomic mass is 16.3. The van der Waals surface area contributed by atoms with Gasteiger partial charge in [0.15, 0.2) is 0 Å². The van der Waals surface area contributed by atoms with Gasteiger partial charge in [0.1, 0.15) is 11.9 Å². The van der Waals surface area contributed by atoms with Crippen molar-refractivity contribution in [2.75, 3.05) is 6.54 Å². The second-order valence-corrected chi connectivity index (χ2v) is 3.29. The topological polar surface area (TPSA) is 107 Å². The van der Waals surface area contributed by atoms with Gasteiger partial charge in [-0.15, -0.1) is 0 Å². The summed E-state index contributed by atoms with van der Waals surface area (Å²) in [6.07, 6.45) is -2.16. The predicted molar refractivity (Wildman–Crippen MR) is 54.1 cm³/mol. The van der Waals surface area contributed by atoms with Gasteiger partial charge < -0.3 is 26.2 Å². The normalized spacial score (nSPS) is 14.9. The number of phenols is 1. The molecule has 0 bridgehead atoms. The molecule has 5 heteroatoms. The lowest BCUT2D eigenvalue weighted by atomic mass is 10.0. The molecule has 0 aliphatic rings. The van der Waals surface area contributed by atoms with Gasteiger partial charge in [0.2, 0.25) is 0 Å². The minimum Gasteiger partial charge on any atom is -0.508 e. The second-order valence-electron chi connectivity index (χ2n) is 3.29. The van der Waals surface area contributed by atoms with Crippen molar-refractivity contribution in [3.05, 3.63) is 29.3 Å². The lowest BCUT2D eigenvalue weighted by Gasteiger charge is -2.17. The molecule has 0 heterocycles. The van der Waals surface area contributed by atoms with Gasteiger partial charge in [-0.3, -0.25) is 0 Å². The van der Waals surface area contributed by atoms with Crippen LogP contribution in [0.25, 0.3) is 0 Å². The third kappa shape index (κ3) is 2.66. The molecule has 0 saturated heterocycles. The van der Waals surface area contributed by atoms with Crippen molar-refractivity contribution in [1.82, 2.24) is 0 Å². The highest BCUT2D eigenvalue weighted by molar-refractivity contribution is 5.36. The maximum Gasteiger partial charge on any atom is 0.121 e. The van der Waals surface area contributed by atoms with Crippen molar-refractivity contribution in [3.63, 3.8) is 0 Å². The van der Waals surface area contributed by atoms with E-state index in [1.807, 2.05) is 0 Å². The van der Waals surface area contributed by atoms with Gasteiger partial charge in [0.05, 0.1) is 12.7 Å². The van der Waals surface area contributed by atoms with Crippen molar-refractivity contribution in [2.24, 2.45) is 5.73 Å². The van der Waals surface area contributed by atoms with Crippen molar-refractivity contribution < 1.29 is 20.4 Å². The molecule has 0 aliphatic carbocycles. The average molecular weight is 213 g/mol. The summed E-state index contributed by atoms with van der Waals surface area (Å²) in [7, 11) is 0. The Kier molecular flexibility index (Phi) is 4.05. The Balaban J connectivity index is 2.95. The summed E-state index contributed by atoms with van der Waals surface area (Å²) in [4.78, 5) is 0. The Morgan fingerprint density at radius 3 is 2.47 bits per heavy atom. The number of hydrogen-bond acceptors (Lipinski definition) is 5. The molecule has 0 aromatic heterocycles. The smallest absolute Gasteiger partial charge is 0.121 e. The first-order valence-corrected chi connectivity index (χ1v) is 4.59. The molecule has 0 aliphatic heterocycles. The highest BCUT2D eigenvalue weighted by Gasteiger charge is 2.17. The van der Waals surface area contributed by atoms with Gasteiger partial charge in [0.25, 0.3) is 0 Å². The summed E-state index contributed by atoms with van der Waals surface area (Å²) in [5, 5.41) is 37.1. The molecule has 2 atom stereocenters. The lowest BCUT2D eigenvalue weighted by molar-refractivity contribution is 0.0242. The van der Waals surface area contributed by atoms with Gasteiger partial charge in [0, 0.05) is 12.1 Å². The van der Waals surface area contributed by atoms with Crippen LogP contribution in [0.15, 0.2) is 18.2 Å². The first kappa shape index (κ1) is 11.9. The fraction of sp³-hybridized carbons (Fsp3) is 0.400. The van der Waals surface area contributed by atoms with Crippen LogP contribution in [0.3, 0.4) is 0 Å². The third-order valence-corrected chi connectivity index (χ3v) is 2.22. The van der Waals surface area contributed by atoms with Crippen LogP contribution in [-0.2, 0) is 6.61 Å². The van der Waals surface area contributed by atoms with E-state index in [0.717, 1.165) is 0 Å². The molecule has 15 heavy (non-hydrogen) atoms. The molecular formula is C10H15NO4. The van der Waals surface area contributed by atoms with Crippen LogP contribution in [0.4, 0.5) is 0 Å². The molecule has 6 N–H and O–H groups in total. The van der Waals surface area contributed by atoms with Crippen LogP contribution in [0.2, 0.25) is 0 Å². The van der Waals surface area contributed by atoms with Crippen LogP contribution in [0.1, 0.15) is 17.2 Å². The zero-order valence-electron chi connectivity index (χ0n) is 8.17. The van der Waals surface area contributed by atoms with Crippen molar-refractivity contribution in [3.8, 4) is 5.75 Å². The minimum atomic E-state index is -1.11. The molecular weight excluding hydrogens is 198 g/mol. The molecule has 0 saturated carbocycles. The van der Waals surface area contributed by atoms with Crippen LogP contribution in [-0.4, -0.2) is 33.1 Å². The van der Waals surface area contributed by atoms with Crippen molar-refractivity contribution in [2.45, 2.75) is 18.8 Å². The summed E-state index contributed by atoms with van der Waals surface area (Å²) < 4.78 is 0. The highest BCUT2D eigenvalue weighted by Crippen LogP contribution is 2.23. The quantitative estimate of drug-likeness (QED) is 0.452. The van der Waals surface area contributed by atoms with Gasteiger partial charge in [-0.05, 0) is 17.7 Å². The fourth-order valence-corrected chi connectivity index (χ4v) is 1.27. The molecule has 5 nitrogen and oxygen atoms in total. The SMILES string of the molecule is NCC(O)C(O)c1ccc(O)c(CO)c1. The van der Waals surface area contributed by atoms with Gasteiger partial charge >= 0.3 is 0 Å². The standard InChI is InChI=1S/C10H15NO4/c11-4-9(14)10(15)6-1-2-8(13)7(3-6)5-12/h1-3,9-10,12-15H,4-5,11H2. The zero-order valence-corrected chi connectivity index (χ0v) is 8.17. The summed E-state index contributed by atoms with van der Waals surface area (Å²) >= 11 is 0. The Morgan fingerprint density at radius 2 is 1.93 bits per heavy atom. The number of aliphatic hydroxyl groups excluding tert-OH is 3. The van der Waals surface area contributed by atoms with Gasteiger partial charge in [-0.1, -0.05) is 6.07 Å². The maximum absolute atomic E-state index is 9.61. The Bertz CT molecular complexity index is 329. The van der Waals surface area contributed by atoms with Crippen LogP contribution in [0.5, 0.6) is 5.75 Å². The Morgan fingerprint density at radius 1 is 1.27 bits per heavy atom. The van der Waals surface area contributed by atoms with E-state index < -0.39 is 12.2 Å². The van der Waals surface area contributed by atoms with E-state index in [4.69, 9.17) is 10.8 Å². The first-order valence-electron chi connectivity index (χ1n) is 4.59. The average Bonchev–Trinajstić information content (AvgIpc) is 2.27. The number of nitrogens with two attached hydrogens (primary N) is 1. The van der Waals surface area contributed by atoms with Crippen molar-refractivity contribution >= 4 is 0 Å². The van der Waals surface area contributed by atoms with E-state index in [-0.39, 0.29) is 18.9 Å². The Hall–Kier alpha value is -1.14. The molecule has 84 valence electrons. The van der Waals surface area contributed by atoms with E-state index in [9.17, 15) is 15.3 Å². The summed E-state index contributed by atoms with van der Waals surface area (Å²) in [5.74, 6) is -0.0457. The van der Waals surface area contributed by atoms with E-state index >= 15 is 0 Å². The van der Waals surface area contributed by atoms with Gasteiger partial charge in [-0.25, -0.2) is 0 Å². The summed E-state index contributed by atoms with van der Waals surface area (Å²) in [6.45, 7) is -0.387. The monoisotopic (exact) mass is 213 g/mol. The molecule has 0 amide bonds. The number of hydrogen-bond donors (Lipinski definition) is 5. The number of benzene rings is 1.